The average molecular weight is 346 g/mol. The molecule has 0 spiro atoms. The van der Waals surface area contributed by atoms with Gasteiger partial charge in [0.2, 0.25) is 0 Å². The lowest BCUT2D eigenvalue weighted by atomic mass is 10.1. The first-order valence-electron chi connectivity index (χ1n) is 8.78. The molecule has 0 aromatic heterocycles. The molecule has 0 saturated carbocycles. The summed E-state index contributed by atoms with van der Waals surface area (Å²) >= 11 is 0. The van der Waals surface area contributed by atoms with Crippen LogP contribution in [0.5, 0.6) is 5.75 Å². The number of carbonyl (C=O) groups is 1. The molecular weight excluding hydrogens is 324 g/mol. The Morgan fingerprint density at radius 2 is 1.69 bits per heavy atom. The molecular formula is C22H22N2O2. The molecule has 0 unspecified atom stereocenters. The number of hydrazone groups is 1. The van der Waals surface area contributed by atoms with E-state index in [2.05, 4.69) is 17.5 Å². The SMILES string of the molecule is CCC/C(=N\NC(=O)COc1ccc2ccccc2c1)c1ccccc1. The van der Waals surface area contributed by atoms with Gasteiger partial charge in [-0.3, -0.25) is 4.79 Å². The van der Waals surface area contributed by atoms with Gasteiger partial charge in [0, 0.05) is 0 Å². The van der Waals surface area contributed by atoms with Crippen LogP contribution in [0.25, 0.3) is 10.8 Å². The van der Waals surface area contributed by atoms with Crippen molar-refractivity contribution in [2.24, 2.45) is 5.10 Å². The summed E-state index contributed by atoms with van der Waals surface area (Å²) in [4.78, 5) is 12.1. The third-order valence-corrected chi connectivity index (χ3v) is 4.00. The minimum atomic E-state index is -0.275. The second-order valence-corrected chi connectivity index (χ2v) is 6.01. The first-order valence-corrected chi connectivity index (χ1v) is 8.78. The fourth-order valence-electron chi connectivity index (χ4n) is 2.70. The van der Waals surface area contributed by atoms with Crippen molar-refractivity contribution in [3.63, 3.8) is 0 Å². The van der Waals surface area contributed by atoms with Crippen molar-refractivity contribution < 1.29 is 9.53 Å². The lowest BCUT2D eigenvalue weighted by Gasteiger charge is -2.08. The third-order valence-electron chi connectivity index (χ3n) is 4.00. The molecule has 4 nitrogen and oxygen atoms in total. The summed E-state index contributed by atoms with van der Waals surface area (Å²) in [5, 5.41) is 6.50. The van der Waals surface area contributed by atoms with Crippen molar-refractivity contribution in [1.29, 1.82) is 0 Å². The first-order chi connectivity index (χ1) is 12.8. The number of nitrogens with one attached hydrogen (secondary N) is 1. The second kappa shape index (κ2) is 8.81. The van der Waals surface area contributed by atoms with Gasteiger partial charge in [-0.2, -0.15) is 5.10 Å². The summed E-state index contributed by atoms with van der Waals surface area (Å²) in [7, 11) is 0. The maximum atomic E-state index is 12.1. The molecule has 0 atom stereocenters. The number of nitrogens with zero attached hydrogens (tertiary/aromatic N) is 1. The third kappa shape index (κ3) is 4.70. The van der Waals surface area contributed by atoms with E-state index >= 15 is 0 Å². The highest BCUT2D eigenvalue weighted by Crippen LogP contribution is 2.20. The Hall–Kier alpha value is -3.14. The highest BCUT2D eigenvalue weighted by molar-refractivity contribution is 6.01. The lowest BCUT2D eigenvalue weighted by molar-refractivity contribution is -0.123. The van der Waals surface area contributed by atoms with Crippen molar-refractivity contribution in [2.45, 2.75) is 19.8 Å². The highest BCUT2D eigenvalue weighted by atomic mass is 16.5. The highest BCUT2D eigenvalue weighted by Gasteiger charge is 2.06. The number of fused-ring (bicyclic) bond motifs is 1. The van der Waals surface area contributed by atoms with Gasteiger partial charge in [-0.25, -0.2) is 5.43 Å². The molecule has 4 heteroatoms. The van der Waals surface area contributed by atoms with Gasteiger partial charge >= 0.3 is 0 Å². The van der Waals surface area contributed by atoms with Gasteiger partial charge in [-0.1, -0.05) is 74.0 Å². The fraction of sp³-hybridized carbons (Fsp3) is 0.182. The maximum absolute atomic E-state index is 12.1. The number of hydrogen-bond acceptors (Lipinski definition) is 3. The van der Waals surface area contributed by atoms with Crippen molar-refractivity contribution in [3.8, 4) is 5.75 Å². The molecule has 26 heavy (non-hydrogen) atoms. The number of hydrogen-bond donors (Lipinski definition) is 1. The number of amides is 1. The predicted molar refractivity (Wildman–Crippen MR) is 105 cm³/mol. The molecule has 0 saturated heterocycles. The Morgan fingerprint density at radius 3 is 2.46 bits per heavy atom. The van der Waals surface area contributed by atoms with E-state index in [-0.39, 0.29) is 12.5 Å². The van der Waals surface area contributed by atoms with Gasteiger partial charge in [0.15, 0.2) is 6.61 Å². The van der Waals surface area contributed by atoms with Gasteiger partial charge in [-0.05, 0) is 34.9 Å². The van der Waals surface area contributed by atoms with Crippen molar-refractivity contribution in [1.82, 2.24) is 5.43 Å². The molecule has 3 aromatic rings. The van der Waals surface area contributed by atoms with Crippen LogP contribution in [0.3, 0.4) is 0 Å². The molecule has 1 amide bonds. The minimum Gasteiger partial charge on any atom is -0.484 e. The molecule has 3 aromatic carbocycles. The van der Waals surface area contributed by atoms with E-state index in [0.717, 1.165) is 34.9 Å². The quantitative estimate of drug-likeness (QED) is 0.504. The Morgan fingerprint density at radius 1 is 0.962 bits per heavy atom. The van der Waals surface area contributed by atoms with Crippen LogP contribution >= 0.6 is 0 Å². The Bertz CT molecular complexity index is 904. The van der Waals surface area contributed by atoms with Gasteiger partial charge in [0.1, 0.15) is 5.75 Å². The second-order valence-electron chi connectivity index (χ2n) is 6.01. The Kier molecular flexibility index (Phi) is 5.99. The van der Waals surface area contributed by atoms with Crippen LogP contribution in [0.4, 0.5) is 0 Å². The van der Waals surface area contributed by atoms with E-state index in [4.69, 9.17) is 4.74 Å². The maximum Gasteiger partial charge on any atom is 0.277 e. The van der Waals surface area contributed by atoms with Crippen LogP contribution in [0.2, 0.25) is 0 Å². The standard InChI is InChI=1S/C22H22N2O2/c1-2-8-21(18-10-4-3-5-11-18)23-24-22(25)16-26-20-14-13-17-9-6-7-12-19(17)15-20/h3-7,9-15H,2,8,16H2,1H3,(H,24,25)/b23-21+. The van der Waals surface area contributed by atoms with Crippen molar-refractivity contribution in [3.05, 3.63) is 78.4 Å². The molecule has 0 fully saturated rings. The topological polar surface area (TPSA) is 50.7 Å². The van der Waals surface area contributed by atoms with Crippen LogP contribution < -0.4 is 10.2 Å². The zero-order valence-corrected chi connectivity index (χ0v) is 14.8. The molecule has 0 aliphatic heterocycles. The molecule has 3 rings (SSSR count). The monoisotopic (exact) mass is 346 g/mol. The first kappa shape index (κ1) is 17.7. The van der Waals surface area contributed by atoms with E-state index in [1.54, 1.807) is 0 Å². The van der Waals surface area contributed by atoms with Gasteiger partial charge in [0.25, 0.3) is 5.91 Å². The van der Waals surface area contributed by atoms with Crippen molar-refractivity contribution in [2.75, 3.05) is 6.61 Å². The molecule has 1 N–H and O–H groups in total. The number of rotatable bonds is 7. The van der Waals surface area contributed by atoms with E-state index in [1.165, 1.54) is 0 Å². The van der Waals surface area contributed by atoms with E-state index in [0.29, 0.717) is 5.75 Å². The largest absolute Gasteiger partial charge is 0.484 e. The van der Waals surface area contributed by atoms with Crippen LogP contribution in [-0.4, -0.2) is 18.2 Å². The number of benzene rings is 3. The summed E-state index contributed by atoms with van der Waals surface area (Å²) in [6.45, 7) is 2.01. The van der Waals surface area contributed by atoms with Gasteiger partial charge in [-0.15, -0.1) is 0 Å². The summed E-state index contributed by atoms with van der Waals surface area (Å²) < 4.78 is 5.59. The predicted octanol–water partition coefficient (Wildman–Crippen LogP) is 4.54. The summed E-state index contributed by atoms with van der Waals surface area (Å²) in [6.07, 6.45) is 1.76. The molecule has 0 radical (unpaired) electrons. The van der Waals surface area contributed by atoms with Crippen molar-refractivity contribution >= 4 is 22.4 Å². The molecule has 0 bridgehead atoms. The van der Waals surface area contributed by atoms with E-state index in [1.807, 2.05) is 72.8 Å². The zero-order chi connectivity index (χ0) is 18.2. The van der Waals surface area contributed by atoms with E-state index < -0.39 is 0 Å². The minimum absolute atomic E-state index is 0.0734. The molecule has 0 aliphatic carbocycles. The van der Waals surface area contributed by atoms with Crippen LogP contribution in [0.1, 0.15) is 25.3 Å². The fourth-order valence-corrected chi connectivity index (χ4v) is 2.70. The Labute approximate surface area is 153 Å². The smallest absolute Gasteiger partial charge is 0.277 e. The molecule has 0 aliphatic rings. The summed E-state index contributed by atoms with van der Waals surface area (Å²) in [5.41, 5.74) is 4.48. The van der Waals surface area contributed by atoms with Gasteiger partial charge in [0.05, 0.1) is 5.71 Å². The van der Waals surface area contributed by atoms with Crippen LogP contribution in [0.15, 0.2) is 77.9 Å². The molecule has 132 valence electrons. The number of ether oxygens (including phenoxy) is 1. The van der Waals surface area contributed by atoms with Crippen LogP contribution in [0, 0.1) is 0 Å². The number of carbonyl (C=O) groups excluding carboxylic acids is 1. The average Bonchev–Trinajstić information content (AvgIpc) is 2.70. The van der Waals surface area contributed by atoms with E-state index in [9.17, 15) is 4.79 Å². The summed E-state index contributed by atoms with van der Waals surface area (Å²) in [6, 6.07) is 23.7. The lowest BCUT2D eigenvalue weighted by Crippen LogP contribution is -2.26. The van der Waals surface area contributed by atoms with Crippen LogP contribution in [-0.2, 0) is 4.79 Å². The normalized spacial score (nSPS) is 11.3. The molecule has 0 heterocycles. The zero-order valence-electron chi connectivity index (χ0n) is 14.8. The van der Waals surface area contributed by atoms with Gasteiger partial charge < -0.3 is 4.74 Å². The summed E-state index contributed by atoms with van der Waals surface area (Å²) in [5.74, 6) is 0.391. The Balaban J connectivity index is 1.60.